The van der Waals surface area contributed by atoms with Crippen molar-refractivity contribution in [3.8, 4) is 16.9 Å². The van der Waals surface area contributed by atoms with Crippen molar-refractivity contribution in [1.29, 1.82) is 0 Å². The first-order valence-corrected chi connectivity index (χ1v) is 16.1. The highest BCUT2D eigenvalue weighted by Crippen LogP contribution is 2.43. The lowest BCUT2D eigenvalue weighted by Gasteiger charge is -2.22. The number of carboxylic acid groups (broad SMARTS) is 1. The van der Waals surface area contributed by atoms with Crippen molar-refractivity contribution in [2.24, 2.45) is 0 Å². The van der Waals surface area contributed by atoms with Crippen LogP contribution in [0.3, 0.4) is 0 Å². The van der Waals surface area contributed by atoms with E-state index in [1.165, 1.54) is 29.2 Å². The number of anilines is 2. The summed E-state index contributed by atoms with van der Waals surface area (Å²) in [5.74, 6) is -1.26. The number of fused-ring (bicyclic) bond motifs is 1. The van der Waals surface area contributed by atoms with E-state index >= 15 is 0 Å². The molecule has 10 nitrogen and oxygen atoms in total. The van der Waals surface area contributed by atoms with Gasteiger partial charge in [-0.1, -0.05) is 66.7 Å². The predicted molar refractivity (Wildman–Crippen MR) is 178 cm³/mol. The predicted octanol–water partition coefficient (Wildman–Crippen LogP) is 6.63. The zero-order valence-electron chi connectivity index (χ0n) is 24.8. The second-order valence-corrected chi connectivity index (χ2v) is 12.3. The number of hydrogen-bond acceptors (Lipinski definition) is 6. The number of amides is 1. The van der Waals surface area contributed by atoms with E-state index in [0.29, 0.717) is 39.8 Å². The van der Waals surface area contributed by atoms with Crippen LogP contribution < -0.4 is 14.5 Å². The first-order valence-electron chi connectivity index (χ1n) is 14.5. The number of carbonyl (C=O) groups is 2. The Bertz CT molecular complexity index is 2120. The minimum atomic E-state index is -4.20. The van der Waals surface area contributed by atoms with Gasteiger partial charge in [-0.05, 0) is 65.6 Å². The molecule has 2 aliphatic rings. The molecule has 0 atom stereocenters. The van der Waals surface area contributed by atoms with E-state index in [-0.39, 0.29) is 24.2 Å². The third-order valence-corrected chi connectivity index (χ3v) is 8.50. The Morgan fingerprint density at radius 3 is 2.15 bits per heavy atom. The van der Waals surface area contributed by atoms with E-state index < -0.39 is 27.7 Å². The van der Waals surface area contributed by atoms with Gasteiger partial charge in [0.05, 0.1) is 23.6 Å². The van der Waals surface area contributed by atoms with Crippen molar-refractivity contribution < 1.29 is 32.4 Å². The Morgan fingerprint density at radius 1 is 0.872 bits per heavy atom. The number of carbonyl (C=O) groups excluding carboxylic acids is 1. The Kier molecular flexibility index (Phi) is 8.46. The number of hydrogen-bond donors (Lipinski definition) is 2. The van der Waals surface area contributed by atoms with Gasteiger partial charge in [0.25, 0.3) is 21.7 Å². The van der Waals surface area contributed by atoms with E-state index in [0.717, 1.165) is 11.1 Å². The molecule has 0 aliphatic carbocycles. The highest BCUT2D eigenvalue weighted by Gasteiger charge is 2.37. The first-order chi connectivity index (χ1) is 22.6. The fraction of sp³-hybridized carbons (Fsp3) is 0.0833. The van der Waals surface area contributed by atoms with Crippen LogP contribution in [0.1, 0.15) is 22.3 Å². The molecule has 47 heavy (non-hydrogen) atoms. The summed E-state index contributed by atoms with van der Waals surface area (Å²) in [5.41, 5.74) is 4.29. The van der Waals surface area contributed by atoms with Gasteiger partial charge in [-0.2, -0.15) is 8.42 Å². The third-order valence-electron chi connectivity index (χ3n) is 7.69. The second-order valence-electron chi connectivity index (χ2n) is 10.7. The maximum atomic E-state index is 13.8. The Morgan fingerprint density at radius 2 is 1.53 bits per heavy atom. The van der Waals surface area contributed by atoms with Crippen LogP contribution in [0.15, 0.2) is 133 Å². The molecule has 234 valence electrons. The Hall–Kier alpha value is -5.96. The van der Waals surface area contributed by atoms with Gasteiger partial charge >= 0.3 is 5.97 Å². The largest absolute Gasteiger partial charge is 0.478 e. The van der Waals surface area contributed by atoms with Crippen LogP contribution in [0, 0.1) is 6.57 Å². The van der Waals surface area contributed by atoms with Gasteiger partial charge in [0, 0.05) is 29.6 Å². The number of ether oxygens (including phenoxy) is 1. The Balaban J connectivity index is 1.46. The molecule has 0 unspecified atom stereocenters. The minimum absolute atomic E-state index is 0.0437. The molecule has 0 saturated heterocycles. The molecule has 11 heteroatoms. The SMILES string of the molecule is [C-]#[N+]C1=C(c2ccccc2)C(=C/C=C2\Oc3ccc(-c4ccccc4)cc3N2CCCS(=O)(=O)O)N(c2ccc(C(=O)O)cc2)C1=O. The van der Waals surface area contributed by atoms with Crippen LogP contribution in [0.2, 0.25) is 0 Å². The molecule has 6 rings (SSSR count). The van der Waals surface area contributed by atoms with Gasteiger partial charge in [-0.15, -0.1) is 0 Å². The molecular formula is C36H27N3O7S. The normalized spacial score (nSPS) is 16.0. The van der Waals surface area contributed by atoms with Crippen molar-refractivity contribution in [2.45, 2.75) is 6.42 Å². The summed E-state index contributed by atoms with van der Waals surface area (Å²) in [6.07, 6.45) is 3.40. The topological polar surface area (TPSA) is 129 Å². The molecule has 0 bridgehead atoms. The molecule has 4 aromatic rings. The van der Waals surface area contributed by atoms with Gasteiger partial charge in [-0.3, -0.25) is 14.2 Å². The van der Waals surface area contributed by atoms with E-state index in [4.69, 9.17) is 11.3 Å². The maximum Gasteiger partial charge on any atom is 0.335 e. The second kappa shape index (κ2) is 12.8. The van der Waals surface area contributed by atoms with E-state index in [1.807, 2.05) is 54.6 Å². The summed E-state index contributed by atoms with van der Waals surface area (Å²) in [7, 11) is -4.20. The summed E-state index contributed by atoms with van der Waals surface area (Å²) in [6.45, 7) is 8.06. The van der Waals surface area contributed by atoms with Crippen LogP contribution in [-0.2, 0) is 14.9 Å². The number of benzene rings is 4. The van der Waals surface area contributed by atoms with Gasteiger partial charge in [0.15, 0.2) is 5.75 Å². The van der Waals surface area contributed by atoms with Gasteiger partial charge in [0.2, 0.25) is 5.88 Å². The molecule has 2 heterocycles. The zero-order valence-corrected chi connectivity index (χ0v) is 25.6. The third kappa shape index (κ3) is 6.41. The fourth-order valence-corrected chi connectivity index (χ4v) is 6.03. The number of rotatable bonds is 9. The molecule has 0 spiro atoms. The quantitative estimate of drug-likeness (QED) is 0.153. The maximum absolute atomic E-state index is 13.8. The van der Waals surface area contributed by atoms with Crippen molar-refractivity contribution in [3.05, 3.63) is 155 Å². The molecule has 2 aliphatic heterocycles. The fourth-order valence-electron chi connectivity index (χ4n) is 5.54. The number of carboxylic acids is 1. The summed E-state index contributed by atoms with van der Waals surface area (Å²) < 4.78 is 38.7. The lowest BCUT2D eigenvalue weighted by atomic mass is 10.0. The summed E-state index contributed by atoms with van der Waals surface area (Å²) in [4.78, 5) is 32.0. The average Bonchev–Trinajstić information content (AvgIpc) is 3.56. The average molecular weight is 646 g/mol. The molecule has 0 saturated carbocycles. The summed E-state index contributed by atoms with van der Waals surface area (Å²) in [5, 5.41) is 9.40. The monoisotopic (exact) mass is 645 g/mol. The standard InChI is InChI=1S/C36H27N3O7S/c1-37-34-33(25-11-6-3-7-12-25)29(39(35(34)40)28-16-13-26(14-17-28)36(41)42)18-20-32-38(21-8-22-47(43,44)45)30-23-27(15-19-31(30)46-32)24-9-4-2-5-10-24/h2-7,9-20,23H,8,21-22H2,(H,41,42)(H,43,44,45)/b29-18?,32-20-. The van der Waals surface area contributed by atoms with Gasteiger partial charge in [-0.25, -0.2) is 9.64 Å². The molecule has 0 aromatic heterocycles. The van der Waals surface area contributed by atoms with Crippen LogP contribution in [0.5, 0.6) is 5.75 Å². The molecule has 2 N–H and O–H groups in total. The highest BCUT2D eigenvalue weighted by atomic mass is 32.2. The molecule has 0 radical (unpaired) electrons. The lowest BCUT2D eigenvalue weighted by molar-refractivity contribution is -0.114. The highest BCUT2D eigenvalue weighted by molar-refractivity contribution is 7.85. The zero-order chi connectivity index (χ0) is 33.1. The van der Waals surface area contributed by atoms with Crippen LogP contribution >= 0.6 is 0 Å². The minimum Gasteiger partial charge on any atom is -0.478 e. The van der Waals surface area contributed by atoms with E-state index in [2.05, 4.69) is 4.85 Å². The van der Waals surface area contributed by atoms with Crippen LogP contribution in [-0.4, -0.2) is 42.3 Å². The van der Waals surface area contributed by atoms with E-state index in [9.17, 15) is 27.7 Å². The van der Waals surface area contributed by atoms with Crippen LogP contribution in [0.4, 0.5) is 11.4 Å². The Labute approximate surface area is 271 Å². The van der Waals surface area contributed by atoms with Crippen LogP contribution in [0.25, 0.3) is 21.5 Å². The van der Waals surface area contributed by atoms with Gasteiger partial charge < -0.3 is 14.7 Å². The molecular weight excluding hydrogens is 618 g/mol. The summed E-state index contributed by atoms with van der Waals surface area (Å²) >= 11 is 0. The van der Waals surface area contributed by atoms with E-state index in [1.54, 1.807) is 41.3 Å². The number of nitrogens with zero attached hydrogens (tertiary/aromatic N) is 3. The molecule has 0 fully saturated rings. The van der Waals surface area contributed by atoms with Gasteiger partial charge in [0.1, 0.15) is 0 Å². The molecule has 4 aromatic carbocycles. The summed E-state index contributed by atoms with van der Waals surface area (Å²) in [6, 6.07) is 30.2. The van der Waals surface area contributed by atoms with Crippen molar-refractivity contribution in [1.82, 2.24) is 0 Å². The molecule has 1 amide bonds. The lowest BCUT2D eigenvalue weighted by Crippen LogP contribution is -2.25. The number of allylic oxidation sites excluding steroid dienone is 3. The van der Waals surface area contributed by atoms with Crippen molar-refractivity contribution >= 4 is 38.9 Å². The first kappa shape index (κ1) is 31.0. The smallest absolute Gasteiger partial charge is 0.335 e. The van der Waals surface area contributed by atoms with Crippen molar-refractivity contribution in [3.63, 3.8) is 0 Å². The number of aromatic carboxylic acids is 1. The van der Waals surface area contributed by atoms with Crippen molar-refractivity contribution in [2.75, 3.05) is 22.1 Å².